The fourth-order valence-electron chi connectivity index (χ4n) is 2.24. The van der Waals surface area contributed by atoms with Crippen LogP contribution in [0.3, 0.4) is 0 Å². The van der Waals surface area contributed by atoms with E-state index < -0.39 is 0 Å². The molecule has 0 radical (unpaired) electrons. The van der Waals surface area contributed by atoms with Crippen LogP contribution in [0.25, 0.3) is 21.3 Å². The largest absolute Gasteiger partial charge is 0.395 e. The highest BCUT2D eigenvalue weighted by Gasteiger charge is 2.11. The van der Waals surface area contributed by atoms with Crippen molar-refractivity contribution in [3.05, 3.63) is 50.8 Å². The van der Waals surface area contributed by atoms with Gasteiger partial charge in [0.15, 0.2) is 4.77 Å². The van der Waals surface area contributed by atoms with Gasteiger partial charge < -0.3 is 9.67 Å². The molecule has 0 aliphatic rings. The number of fused-ring (bicyclic) bond motifs is 1. The third-order valence-electron chi connectivity index (χ3n) is 3.11. The van der Waals surface area contributed by atoms with Crippen LogP contribution in [0.4, 0.5) is 0 Å². The maximum atomic E-state index is 11.7. The Hall–Kier alpha value is -1.76. The summed E-state index contributed by atoms with van der Waals surface area (Å²) in [5, 5.41) is 12.3. The molecule has 0 bridgehead atoms. The van der Waals surface area contributed by atoms with Gasteiger partial charge in [0.1, 0.15) is 0 Å². The smallest absolute Gasteiger partial charge is 0.252 e. The van der Waals surface area contributed by atoms with Crippen LogP contribution in [-0.2, 0) is 6.54 Å². The molecule has 2 N–H and O–H groups in total. The number of hydrogen-bond donors (Lipinski definition) is 2. The Kier molecular flexibility index (Phi) is 3.52. The molecule has 0 fully saturated rings. The molecule has 2 aromatic heterocycles. The summed E-state index contributed by atoms with van der Waals surface area (Å²) >= 11 is 6.81. The average Bonchev–Trinajstić information content (AvgIpc) is 2.85. The van der Waals surface area contributed by atoms with Crippen molar-refractivity contribution in [2.45, 2.75) is 6.54 Å². The van der Waals surface area contributed by atoms with Crippen LogP contribution in [0, 0.1) is 4.77 Å². The fraction of sp³-hybridized carbons (Fsp3) is 0.143. The van der Waals surface area contributed by atoms with Crippen molar-refractivity contribution in [1.82, 2.24) is 9.55 Å². The van der Waals surface area contributed by atoms with Gasteiger partial charge in [-0.1, -0.05) is 18.2 Å². The number of aliphatic hydroxyl groups is 1. The zero-order valence-electron chi connectivity index (χ0n) is 10.5. The molecule has 0 amide bonds. The lowest BCUT2D eigenvalue weighted by Gasteiger charge is -2.11. The number of nitrogens with one attached hydrogen (secondary N) is 1. The number of thiophene rings is 1. The molecule has 0 aliphatic carbocycles. The molecule has 3 aromatic rings. The Morgan fingerprint density at radius 1 is 1.35 bits per heavy atom. The van der Waals surface area contributed by atoms with Crippen molar-refractivity contribution in [3.8, 4) is 11.3 Å². The van der Waals surface area contributed by atoms with Gasteiger partial charge in [-0.25, -0.2) is 0 Å². The highest BCUT2D eigenvalue weighted by molar-refractivity contribution is 7.71. The van der Waals surface area contributed by atoms with Gasteiger partial charge in [0.2, 0.25) is 0 Å². The first-order chi connectivity index (χ1) is 9.70. The van der Waals surface area contributed by atoms with E-state index in [1.165, 1.54) is 6.07 Å². The standard InChI is InChI=1S/C14H12N2O2S2/c17-6-5-16-11(7-13(18)15-14(16)19)10-8-20-12-4-2-1-3-9(10)12/h1-4,7-8,17H,5-6H2,(H,15,18,19). The van der Waals surface area contributed by atoms with Crippen molar-refractivity contribution < 1.29 is 5.11 Å². The van der Waals surface area contributed by atoms with Crippen LogP contribution in [0.15, 0.2) is 40.5 Å². The highest BCUT2D eigenvalue weighted by atomic mass is 32.1. The summed E-state index contributed by atoms with van der Waals surface area (Å²) in [6.45, 7) is 0.324. The molecule has 0 unspecified atom stereocenters. The van der Waals surface area contributed by atoms with Crippen LogP contribution in [-0.4, -0.2) is 21.3 Å². The Balaban J connectivity index is 2.33. The zero-order chi connectivity index (χ0) is 14.1. The monoisotopic (exact) mass is 304 g/mol. The Morgan fingerprint density at radius 3 is 2.95 bits per heavy atom. The summed E-state index contributed by atoms with van der Waals surface area (Å²) in [6, 6.07) is 9.55. The molecule has 0 saturated heterocycles. The molecule has 0 aliphatic heterocycles. The molecular weight excluding hydrogens is 292 g/mol. The van der Waals surface area contributed by atoms with Gasteiger partial charge in [-0.3, -0.25) is 9.78 Å². The van der Waals surface area contributed by atoms with Crippen LogP contribution < -0.4 is 5.56 Å². The Morgan fingerprint density at radius 2 is 2.15 bits per heavy atom. The Bertz CT molecular complexity index is 877. The van der Waals surface area contributed by atoms with Gasteiger partial charge in [-0.05, 0) is 18.3 Å². The first-order valence-corrected chi connectivity index (χ1v) is 7.41. The number of hydrogen-bond acceptors (Lipinski definition) is 4. The first kappa shape index (κ1) is 13.2. The number of benzene rings is 1. The van der Waals surface area contributed by atoms with Crippen LogP contribution in [0.2, 0.25) is 0 Å². The topological polar surface area (TPSA) is 58.0 Å². The highest BCUT2D eigenvalue weighted by Crippen LogP contribution is 2.33. The van der Waals surface area contributed by atoms with E-state index in [4.69, 9.17) is 12.2 Å². The number of aliphatic hydroxyl groups excluding tert-OH is 1. The van der Waals surface area contributed by atoms with Crippen LogP contribution >= 0.6 is 23.6 Å². The van der Waals surface area contributed by atoms with E-state index in [1.54, 1.807) is 15.9 Å². The molecular formula is C14H12N2O2S2. The number of nitrogens with zero attached hydrogens (tertiary/aromatic N) is 1. The molecule has 6 heteroatoms. The van der Waals surface area contributed by atoms with Crippen molar-refractivity contribution in [1.29, 1.82) is 0 Å². The third-order valence-corrected chi connectivity index (χ3v) is 4.40. The molecule has 102 valence electrons. The fourth-order valence-corrected chi connectivity index (χ4v) is 3.49. The summed E-state index contributed by atoms with van der Waals surface area (Å²) in [5.74, 6) is 0. The number of H-pyrrole nitrogens is 1. The van der Waals surface area contributed by atoms with Crippen LogP contribution in [0.5, 0.6) is 0 Å². The summed E-state index contributed by atoms with van der Waals surface area (Å²) in [7, 11) is 0. The molecule has 4 nitrogen and oxygen atoms in total. The number of aromatic nitrogens is 2. The van der Waals surface area contributed by atoms with E-state index in [0.717, 1.165) is 21.3 Å². The van der Waals surface area contributed by atoms with Crippen molar-refractivity contribution in [3.63, 3.8) is 0 Å². The summed E-state index contributed by atoms with van der Waals surface area (Å²) in [6.07, 6.45) is 0. The van der Waals surface area contributed by atoms with E-state index in [0.29, 0.717) is 11.3 Å². The number of rotatable bonds is 3. The van der Waals surface area contributed by atoms with Gasteiger partial charge in [0, 0.05) is 33.6 Å². The van der Waals surface area contributed by atoms with Crippen molar-refractivity contribution >= 4 is 33.6 Å². The minimum atomic E-state index is -0.227. The molecule has 0 saturated carbocycles. The second kappa shape index (κ2) is 5.32. The predicted octanol–water partition coefficient (Wildman–Crippen LogP) is 2.78. The summed E-state index contributed by atoms with van der Waals surface area (Å²) in [4.78, 5) is 14.3. The molecule has 20 heavy (non-hydrogen) atoms. The zero-order valence-corrected chi connectivity index (χ0v) is 12.1. The third kappa shape index (κ3) is 2.22. The SMILES string of the molecule is O=c1cc(-c2csc3ccccc23)n(CCO)c(=S)[nH]1. The van der Waals surface area contributed by atoms with Crippen LogP contribution in [0.1, 0.15) is 0 Å². The maximum Gasteiger partial charge on any atom is 0.252 e. The van der Waals surface area contributed by atoms with E-state index in [-0.39, 0.29) is 12.2 Å². The molecule has 2 heterocycles. The quantitative estimate of drug-likeness (QED) is 0.732. The normalized spacial score (nSPS) is 11.1. The van der Waals surface area contributed by atoms with E-state index in [2.05, 4.69) is 4.98 Å². The van der Waals surface area contributed by atoms with Gasteiger partial charge in [0.05, 0.1) is 12.3 Å². The van der Waals surface area contributed by atoms with Crippen molar-refractivity contribution in [2.75, 3.05) is 6.61 Å². The van der Waals surface area contributed by atoms with Gasteiger partial charge in [-0.2, -0.15) is 0 Å². The molecule has 0 spiro atoms. The summed E-state index contributed by atoms with van der Waals surface area (Å²) in [5.41, 5.74) is 1.48. The maximum absolute atomic E-state index is 11.7. The predicted molar refractivity (Wildman–Crippen MR) is 83.8 cm³/mol. The minimum Gasteiger partial charge on any atom is -0.395 e. The lowest BCUT2D eigenvalue weighted by Crippen LogP contribution is -2.16. The second-order valence-corrected chi connectivity index (χ2v) is 5.64. The van der Waals surface area contributed by atoms with E-state index in [9.17, 15) is 9.90 Å². The summed E-state index contributed by atoms with van der Waals surface area (Å²) < 4.78 is 3.24. The lowest BCUT2D eigenvalue weighted by molar-refractivity contribution is 0.275. The van der Waals surface area contributed by atoms with Gasteiger partial charge >= 0.3 is 0 Å². The number of aromatic amines is 1. The lowest BCUT2D eigenvalue weighted by atomic mass is 10.1. The molecule has 1 aromatic carbocycles. The molecule has 3 rings (SSSR count). The van der Waals surface area contributed by atoms with Gasteiger partial charge in [0.25, 0.3) is 5.56 Å². The van der Waals surface area contributed by atoms with Gasteiger partial charge in [-0.15, -0.1) is 11.3 Å². The second-order valence-electron chi connectivity index (χ2n) is 4.34. The first-order valence-electron chi connectivity index (χ1n) is 6.12. The van der Waals surface area contributed by atoms with E-state index in [1.807, 2.05) is 29.6 Å². The molecule has 0 atom stereocenters. The minimum absolute atomic E-state index is 0.0323. The average molecular weight is 304 g/mol. The van der Waals surface area contributed by atoms with Crippen molar-refractivity contribution in [2.24, 2.45) is 0 Å². The van der Waals surface area contributed by atoms with E-state index >= 15 is 0 Å². The Labute approximate surface area is 124 Å².